The van der Waals surface area contributed by atoms with Crippen molar-refractivity contribution in [1.82, 2.24) is 10.2 Å². The van der Waals surface area contributed by atoms with Crippen LogP contribution in [0.25, 0.3) is 0 Å². The zero-order chi connectivity index (χ0) is 14.8. The van der Waals surface area contributed by atoms with Crippen LogP contribution >= 0.6 is 0 Å². The Morgan fingerprint density at radius 3 is 2.53 bits per heavy atom. The van der Waals surface area contributed by atoms with Gasteiger partial charge in [-0.2, -0.15) is 0 Å². The first-order valence-corrected chi connectivity index (χ1v) is 6.54. The van der Waals surface area contributed by atoms with Gasteiger partial charge < -0.3 is 20.4 Å². The van der Waals surface area contributed by atoms with Crippen molar-refractivity contribution in [3.8, 4) is 0 Å². The van der Waals surface area contributed by atoms with Crippen LogP contribution in [0.5, 0.6) is 0 Å². The summed E-state index contributed by atoms with van der Waals surface area (Å²) in [7, 11) is 1.60. The van der Waals surface area contributed by atoms with E-state index in [2.05, 4.69) is 5.32 Å². The maximum Gasteiger partial charge on any atom is 0.317 e. The van der Waals surface area contributed by atoms with Gasteiger partial charge in [-0.25, -0.2) is 4.79 Å². The first kappa shape index (κ1) is 15.8. The predicted molar refractivity (Wildman–Crippen MR) is 70.8 cm³/mol. The van der Waals surface area contributed by atoms with Crippen molar-refractivity contribution in [2.75, 3.05) is 13.7 Å². The van der Waals surface area contributed by atoms with Gasteiger partial charge in [0.25, 0.3) is 0 Å². The Morgan fingerprint density at radius 1 is 1.47 bits per heavy atom. The Morgan fingerprint density at radius 2 is 2.05 bits per heavy atom. The number of aliphatic hydroxyl groups excluding tert-OH is 1. The number of nitrogens with one attached hydrogen (secondary N) is 1. The van der Waals surface area contributed by atoms with Crippen molar-refractivity contribution < 1.29 is 19.8 Å². The molecule has 1 rings (SSSR count). The molecule has 1 aliphatic carbocycles. The molecule has 6 heteroatoms. The molecule has 2 unspecified atom stereocenters. The summed E-state index contributed by atoms with van der Waals surface area (Å²) in [6.45, 7) is 5.01. The molecule has 0 radical (unpaired) electrons. The number of rotatable bonds is 4. The number of hydrogen-bond acceptors (Lipinski definition) is 3. The fourth-order valence-electron chi connectivity index (χ4n) is 2.28. The standard InChI is InChI=1S/C13H24N2O4/c1-12(2,8-16)15(4)11(19)14-9-6-5-7-13(9,3)10(17)18/h9,16H,5-8H2,1-4H3,(H,14,19)(H,17,18). The molecule has 2 amide bonds. The van der Waals surface area contributed by atoms with E-state index >= 15 is 0 Å². The second-order valence-electron chi connectivity index (χ2n) is 6.15. The van der Waals surface area contributed by atoms with Gasteiger partial charge in [-0.15, -0.1) is 0 Å². The van der Waals surface area contributed by atoms with E-state index < -0.39 is 16.9 Å². The van der Waals surface area contributed by atoms with Crippen LogP contribution in [0.4, 0.5) is 4.79 Å². The maximum absolute atomic E-state index is 12.1. The number of carboxylic acids is 1. The van der Waals surface area contributed by atoms with Crippen LogP contribution in [-0.2, 0) is 4.79 Å². The number of urea groups is 1. The van der Waals surface area contributed by atoms with Gasteiger partial charge in [0.15, 0.2) is 0 Å². The Kier molecular flexibility index (Phi) is 4.45. The van der Waals surface area contributed by atoms with Crippen LogP contribution in [0.2, 0.25) is 0 Å². The quantitative estimate of drug-likeness (QED) is 0.713. The predicted octanol–water partition coefficient (Wildman–Crippen LogP) is 1.04. The maximum atomic E-state index is 12.1. The summed E-state index contributed by atoms with van der Waals surface area (Å²) in [6.07, 6.45) is 2.03. The molecule has 1 saturated carbocycles. The number of amides is 2. The molecule has 0 bridgehead atoms. The number of aliphatic carboxylic acids is 1. The van der Waals surface area contributed by atoms with Gasteiger partial charge in [0, 0.05) is 13.1 Å². The zero-order valence-corrected chi connectivity index (χ0v) is 12.1. The fraction of sp³-hybridized carbons (Fsp3) is 0.846. The molecule has 19 heavy (non-hydrogen) atoms. The number of carbonyl (C=O) groups excluding carboxylic acids is 1. The van der Waals surface area contributed by atoms with Crippen molar-refractivity contribution in [2.45, 2.75) is 51.6 Å². The zero-order valence-electron chi connectivity index (χ0n) is 12.1. The first-order valence-electron chi connectivity index (χ1n) is 6.54. The van der Waals surface area contributed by atoms with Crippen LogP contribution in [0, 0.1) is 5.41 Å². The SMILES string of the molecule is CN(C(=O)NC1CCCC1(C)C(=O)O)C(C)(C)CO. The largest absolute Gasteiger partial charge is 0.481 e. The summed E-state index contributed by atoms with van der Waals surface area (Å²) < 4.78 is 0. The van der Waals surface area contributed by atoms with Crippen LogP contribution < -0.4 is 5.32 Å². The molecule has 0 aliphatic heterocycles. The Bertz CT molecular complexity index is 370. The Labute approximate surface area is 113 Å². The van der Waals surface area contributed by atoms with Crippen LogP contribution in [-0.4, -0.2) is 52.3 Å². The molecule has 0 spiro atoms. The molecule has 110 valence electrons. The number of nitrogens with zero attached hydrogens (tertiary/aromatic N) is 1. The van der Waals surface area contributed by atoms with Gasteiger partial charge in [0.1, 0.15) is 0 Å². The lowest BCUT2D eigenvalue weighted by molar-refractivity contribution is -0.148. The molecule has 0 aromatic carbocycles. The van der Waals surface area contributed by atoms with Crippen LogP contribution in [0.3, 0.4) is 0 Å². The van der Waals surface area contributed by atoms with E-state index in [0.717, 1.165) is 6.42 Å². The molecule has 0 aromatic heterocycles. The fourth-order valence-corrected chi connectivity index (χ4v) is 2.28. The molecule has 0 heterocycles. The lowest BCUT2D eigenvalue weighted by Gasteiger charge is -2.36. The highest BCUT2D eigenvalue weighted by molar-refractivity contribution is 5.79. The van der Waals surface area contributed by atoms with Gasteiger partial charge in [-0.3, -0.25) is 4.79 Å². The molecule has 2 atom stereocenters. The highest BCUT2D eigenvalue weighted by Gasteiger charge is 2.46. The van der Waals surface area contributed by atoms with E-state index in [9.17, 15) is 19.8 Å². The summed E-state index contributed by atoms with van der Waals surface area (Å²) in [5.74, 6) is -0.876. The topological polar surface area (TPSA) is 89.9 Å². The minimum Gasteiger partial charge on any atom is -0.481 e. The van der Waals surface area contributed by atoms with Gasteiger partial charge in [0.05, 0.1) is 17.6 Å². The van der Waals surface area contributed by atoms with E-state index in [4.69, 9.17) is 0 Å². The second-order valence-corrected chi connectivity index (χ2v) is 6.15. The molecule has 0 saturated heterocycles. The average molecular weight is 272 g/mol. The molecule has 6 nitrogen and oxygen atoms in total. The van der Waals surface area contributed by atoms with E-state index in [1.807, 2.05) is 0 Å². The van der Waals surface area contributed by atoms with Crippen molar-refractivity contribution in [1.29, 1.82) is 0 Å². The van der Waals surface area contributed by atoms with Gasteiger partial charge >= 0.3 is 12.0 Å². The Hall–Kier alpha value is -1.30. The second kappa shape index (κ2) is 5.36. The number of carboxylic acid groups (broad SMARTS) is 1. The minimum atomic E-state index is -0.903. The monoisotopic (exact) mass is 272 g/mol. The van der Waals surface area contributed by atoms with Gasteiger partial charge in [-0.05, 0) is 33.6 Å². The smallest absolute Gasteiger partial charge is 0.317 e. The lowest BCUT2D eigenvalue weighted by atomic mass is 9.85. The van der Waals surface area contributed by atoms with Gasteiger partial charge in [0.2, 0.25) is 0 Å². The summed E-state index contributed by atoms with van der Waals surface area (Å²) in [5.41, 5.74) is -1.58. The Balaban J connectivity index is 2.75. The molecule has 3 N–H and O–H groups in total. The molecule has 1 fully saturated rings. The summed E-state index contributed by atoms with van der Waals surface area (Å²) in [6, 6.07) is -0.715. The minimum absolute atomic E-state index is 0.155. The average Bonchev–Trinajstić information content (AvgIpc) is 2.71. The number of hydrogen-bond donors (Lipinski definition) is 3. The summed E-state index contributed by atoms with van der Waals surface area (Å²) in [4.78, 5) is 24.9. The van der Waals surface area contributed by atoms with Gasteiger partial charge in [-0.1, -0.05) is 6.42 Å². The van der Waals surface area contributed by atoms with E-state index in [0.29, 0.717) is 12.8 Å². The first-order chi connectivity index (χ1) is 8.65. The summed E-state index contributed by atoms with van der Waals surface area (Å²) in [5, 5.41) is 21.3. The molecular weight excluding hydrogens is 248 g/mol. The molecule has 1 aliphatic rings. The number of likely N-dealkylation sites (N-methyl/N-ethyl adjacent to an activating group) is 1. The normalized spacial score (nSPS) is 27.1. The van der Waals surface area contributed by atoms with Crippen LogP contribution in [0.15, 0.2) is 0 Å². The number of carbonyl (C=O) groups is 2. The number of aliphatic hydroxyl groups is 1. The highest BCUT2D eigenvalue weighted by Crippen LogP contribution is 2.38. The summed E-state index contributed by atoms with van der Waals surface area (Å²) >= 11 is 0. The third kappa shape index (κ3) is 3.00. The third-order valence-corrected chi connectivity index (χ3v) is 4.34. The van der Waals surface area contributed by atoms with Crippen molar-refractivity contribution in [2.24, 2.45) is 5.41 Å². The third-order valence-electron chi connectivity index (χ3n) is 4.34. The molecular formula is C13H24N2O4. The highest BCUT2D eigenvalue weighted by atomic mass is 16.4. The van der Waals surface area contributed by atoms with E-state index in [-0.39, 0.29) is 18.7 Å². The lowest BCUT2D eigenvalue weighted by Crippen LogP contribution is -2.56. The van der Waals surface area contributed by atoms with Crippen LogP contribution in [0.1, 0.15) is 40.0 Å². The molecule has 0 aromatic rings. The van der Waals surface area contributed by atoms with E-state index in [1.165, 1.54) is 4.90 Å². The van der Waals surface area contributed by atoms with Crippen molar-refractivity contribution >= 4 is 12.0 Å². The van der Waals surface area contributed by atoms with Crippen molar-refractivity contribution in [3.05, 3.63) is 0 Å². The van der Waals surface area contributed by atoms with Crippen molar-refractivity contribution in [3.63, 3.8) is 0 Å². The van der Waals surface area contributed by atoms with E-state index in [1.54, 1.807) is 27.8 Å².